The Hall–Kier alpha value is -2.92. The highest BCUT2D eigenvalue weighted by Gasteiger charge is 2.48. The van der Waals surface area contributed by atoms with E-state index in [1.165, 1.54) is 11.3 Å². The van der Waals surface area contributed by atoms with Gasteiger partial charge in [0.1, 0.15) is 16.7 Å². The number of hydrogen-bond donors (Lipinski definition) is 0. The first-order chi connectivity index (χ1) is 18.3. The summed E-state index contributed by atoms with van der Waals surface area (Å²) < 4.78 is 54.8. The molecular weight excluding hydrogens is 514 g/mol. The molecule has 1 fully saturated rings. The van der Waals surface area contributed by atoms with Crippen LogP contribution >= 0.6 is 11.3 Å². The van der Waals surface area contributed by atoms with Gasteiger partial charge in [0.15, 0.2) is 5.60 Å². The van der Waals surface area contributed by atoms with E-state index in [2.05, 4.69) is 5.10 Å². The molecule has 0 N–H and O–H groups in total. The van der Waals surface area contributed by atoms with Crippen molar-refractivity contribution < 1.29 is 27.4 Å². The van der Waals surface area contributed by atoms with Crippen molar-refractivity contribution in [3.8, 4) is 10.4 Å². The average Bonchev–Trinajstić information content (AvgIpc) is 3.57. The van der Waals surface area contributed by atoms with Crippen LogP contribution in [-0.4, -0.2) is 28.9 Å². The van der Waals surface area contributed by atoms with Crippen molar-refractivity contribution in [2.45, 2.75) is 63.6 Å². The van der Waals surface area contributed by atoms with Crippen molar-refractivity contribution in [1.82, 2.24) is 9.78 Å². The number of ether oxygens (including phenoxy) is 3. The molecule has 2 atom stereocenters. The molecule has 2 unspecified atom stereocenters. The summed E-state index contributed by atoms with van der Waals surface area (Å²) in [6, 6.07) is 11.2. The van der Waals surface area contributed by atoms with Gasteiger partial charge in [-0.05, 0) is 37.8 Å². The molecular formula is C28H28F2N2O5S. The first-order valence-electron chi connectivity index (χ1n) is 12.7. The van der Waals surface area contributed by atoms with Gasteiger partial charge in [-0.2, -0.15) is 5.10 Å². The lowest BCUT2D eigenvalue weighted by Crippen LogP contribution is -2.43. The first-order valence-corrected chi connectivity index (χ1v) is 13.5. The number of alkyl halides is 2. The molecule has 38 heavy (non-hydrogen) atoms. The summed E-state index contributed by atoms with van der Waals surface area (Å²) in [7, 11) is 0. The van der Waals surface area contributed by atoms with Gasteiger partial charge in [0, 0.05) is 40.6 Å². The molecule has 4 aromatic rings. The van der Waals surface area contributed by atoms with E-state index >= 15 is 0 Å². The molecule has 0 aliphatic carbocycles. The van der Waals surface area contributed by atoms with E-state index in [1.54, 1.807) is 6.20 Å². The minimum absolute atomic E-state index is 0.0682. The summed E-state index contributed by atoms with van der Waals surface area (Å²) in [6.07, 6.45) is 5.91. The van der Waals surface area contributed by atoms with Crippen LogP contribution in [0.4, 0.5) is 8.78 Å². The molecule has 6 rings (SSSR count). The summed E-state index contributed by atoms with van der Waals surface area (Å²) in [5.41, 5.74) is 0.0385. The fraction of sp³-hybridized carbons (Fsp3) is 0.429. The third kappa shape index (κ3) is 4.93. The lowest BCUT2D eigenvalue weighted by atomic mass is 9.88. The largest absolute Gasteiger partial charge is 0.423 e. The Balaban J connectivity index is 1.40. The zero-order chi connectivity index (χ0) is 26.3. The highest BCUT2D eigenvalue weighted by molar-refractivity contribution is 7.22. The third-order valence-corrected chi connectivity index (χ3v) is 8.16. The van der Waals surface area contributed by atoms with Crippen LogP contribution in [0.2, 0.25) is 0 Å². The SMILES string of the molecule is CC(F)(F)CC1(OCc2ccccc2)COCc2c1oc(=O)c1sc(-c3cnn(C4CCCCO4)c3)cc21. The predicted molar refractivity (Wildman–Crippen MR) is 138 cm³/mol. The molecule has 0 spiro atoms. The Labute approximate surface area is 221 Å². The van der Waals surface area contributed by atoms with Crippen molar-refractivity contribution in [3.63, 3.8) is 0 Å². The molecule has 200 valence electrons. The van der Waals surface area contributed by atoms with Gasteiger partial charge in [-0.3, -0.25) is 0 Å². The quantitative estimate of drug-likeness (QED) is 0.269. The predicted octanol–water partition coefficient (Wildman–Crippen LogP) is 6.40. The van der Waals surface area contributed by atoms with E-state index < -0.39 is 23.6 Å². The number of fused-ring (bicyclic) bond motifs is 3. The van der Waals surface area contributed by atoms with Crippen LogP contribution in [0.1, 0.15) is 55.7 Å². The van der Waals surface area contributed by atoms with Gasteiger partial charge in [-0.1, -0.05) is 30.3 Å². The van der Waals surface area contributed by atoms with Gasteiger partial charge < -0.3 is 18.6 Å². The Bertz CT molecular complexity index is 1490. The molecule has 1 saturated heterocycles. The number of aromatic nitrogens is 2. The van der Waals surface area contributed by atoms with Gasteiger partial charge in [0.05, 0.1) is 26.0 Å². The molecule has 2 aliphatic rings. The van der Waals surface area contributed by atoms with Gasteiger partial charge in [-0.25, -0.2) is 18.3 Å². The molecule has 0 saturated carbocycles. The van der Waals surface area contributed by atoms with Gasteiger partial charge in [0.2, 0.25) is 5.92 Å². The van der Waals surface area contributed by atoms with Crippen LogP contribution in [0.3, 0.4) is 0 Å². The monoisotopic (exact) mass is 542 g/mol. The van der Waals surface area contributed by atoms with Crippen LogP contribution < -0.4 is 5.63 Å². The summed E-state index contributed by atoms with van der Waals surface area (Å²) in [6.45, 7) is 1.60. The van der Waals surface area contributed by atoms with Crippen LogP contribution in [0.5, 0.6) is 0 Å². The molecule has 10 heteroatoms. The molecule has 0 radical (unpaired) electrons. The molecule has 0 bridgehead atoms. The van der Waals surface area contributed by atoms with E-state index in [9.17, 15) is 13.6 Å². The second-order valence-electron chi connectivity index (χ2n) is 10.1. The zero-order valence-corrected chi connectivity index (χ0v) is 21.8. The summed E-state index contributed by atoms with van der Waals surface area (Å²) in [5, 5.41) is 5.11. The van der Waals surface area contributed by atoms with Gasteiger partial charge in [0.25, 0.3) is 0 Å². The van der Waals surface area contributed by atoms with E-state index in [0.717, 1.165) is 42.2 Å². The smallest absolute Gasteiger partial charge is 0.354 e. The van der Waals surface area contributed by atoms with Crippen LogP contribution in [0.15, 0.2) is 58.0 Å². The minimum atomic E-state index is -3.09. The Kier molecular flexibility index (Phi) is 6.67. The topological polar surface area (TPSA) is 75.7 Å². The van der Waals surface area contributed by atoms with E-state index in [4.69, 9.17) is 18.6 Å². The second kappa shape index (κ2) is 10.00. The summed E-state index contributed by atoms with van der Waals surface area (Å²) >= 11 is 1.29. The third-order valence-electron chi connectivity index (χ3n) is 7.00. The Morgan fingerprint density at radius 1 is 1.26 bits per heavy atom. The highest BCUT2D eigenvalue weighted by atomic mass is 32.1. The molecule has 1 aromatic carbocycles. The normalized spacial score (nSPS) is 22.0. The van der Waals surface area contributed by atoms with Crippen molar-refractivity contribution in [1.29, 1.82) is 0 Å². The number of halogens is 2. The van der Waals surface area contributed by atoms with Crippen LogP contribution in [-0.2, 0) is 33.0 Å². The fourth-order valence-electron chi connectivity index (χ4n) is 5.27. The van der Waals surface area contributed by atoms with Crippen LogP contribution in [0.25, 0.3) is 20.5 Å². The number of nitrogens with zero attached hydrogens (tertiary/aromatic N) is 2. The zero-order valence-electron chi connectivity index (χ0n) is 21.0. The fourth-order valence-corrected chi connectivity index (χ4v) is 6.31. The molecule has 7 nitrogen and oxygen atoms in total. The maximum absolute atomic E-state index is 14.5. The minimum Gasteiger partial charge on any atom is -0.423 e. The number of benzene rings is 1. The Morgan fingerprint density at radius 3 is 2.87 bits per heavy atom. The van der Waals surface area contributed by atoms with E-state index in [-0.39, 0.29) is 31.8 Å². The summed E-state index contributed by atoms with van der Waals surface area (Å²) in [5.74, 6) is -2.97. The number of hydrogen-bond acceptors (Lipinski definition) is 7. The molecule has 2 aliphatic heterocycles. The highest BCUT2D eigenvalue weighted by Crippen LogP contribution is 2.45. The van der Waals surface area contributed by atoms with E-state index in [0.29, 0.717) is 22.3 Å². The summed E-state index contributed by atoms with van der Waals surface area (Å²) in [4.78, 5) is 14.0. The van der Waals surface area contributed by atoms with E-state index in [1.807, 2.05) is 47.3 Å². The van der Waals surface area contributed by atoms with Crippen molar-refractivity contribution >= 4 is 21.4 Å². The number of rotatable bonds is 7. The first kappa shape index (κ1) is 25.4. The molecule has 0 amide bonds. The Morgan fingerprint density at radius 2 is 2.11 bits per heavy atom. The van der Waals surface area contributed by atoms with Crippen LogP contribution in [0, 0.1) is 0 Å². The maximum Gasteiger partial charge on any atom is 0.354 e. The van der Waals surface area contributed by atoms with Gasteiger partial charge in [-0.15, -0.1) is 11.3 Å². The average molecular weight is 543 g/mol. The lowest BCUT2D eigenvalue weighted by molar-refractivity contribution is -0.180. The van der Waals surface area contributed by atoms with Crippen molar-refractivity contribution in [2.24, 2.45) is 0 Å². The second-order valence-corrected chi connectivity index (χ2v) is 11.1. The maximum atomic E-state index is 14.5. The standard InChI is InChI=1S/C28H28F2N2O5S/c1-27(29,30)16-28(36-14-18-7-3-2-4-8-18)17-34-15-21-20-11-22(38-24(20)26(33)37-25(21)28)19-12-31-32(13-19)23-9-5-6-10-35-23/h2-4,7-8,11-13,23H,5-6,9-10,14-17H2,1H3. The molecule has 3 aromatic heterocycles. The number of thiophene rings is 1. The van der Waals surface area contributed by atoms with Crippen molar-refractivity contribution in [3.05, 3.63) is 76.1 Å². The van der Waals surface area contributed by atoms with Crippen molar-refractivity contribution in [2.75, 3.05) is 13.2 Å². The molecule has 5 heterocycles. The lowest BCUT2D eigenvalue weighted by Gasteiger charge is -2.38. The van der Waals surface area contributed by atoms with Gasteiger partial charge >= 0.3 is 5.63 Å².